The highest BCUT2D eigenvalue weighted by molar-refractivity contribution is 7.89. The second-order valence-electron chi connectivity index (χ2n) is 7.44. The van der Waals surface area contributed by atoms with Crippen LogP contribution in [0.1, 0.15) is 39.0 Å². The van der Waals surface area contributed by atoms with E-state index in [0.717, 1.165) is 31.6 Å². The first-order chi connectivity index (χ1) is 13.5. The van der Waals surface area contributed by atoms with E-state index in [1.807, 2.05) is 12.1 Å². The van der Waals surface area contributed by atoms with Crippen LogP contribution < -0.4 is 10.2 Å². The molecule has 3 rings (SSSR count). The Kier molecular flexibility index (Phi) is 7.31. The molecule has 156 valence electrons. The highest BCUT2D eigenvalue weighted by atomic mass is 32.2. The Bertz CT molecular complexity index is 737. The van der Waals surface area contributed by atoms with Gasteiger partial charge in [0.15, 0.2) is 0 Å². The van der Waals surface area contributed by atoms with Gasteiger partial charge < -0.3 is 15.0 Å². The number of sulfonamides is 1. The first-order valence-electron chi connectivity index (χ1n) is 10.2. The van der Waals surface area contributed by atoms with E-state index in [1.54, 1.807) is 12.1 Å². The number of rotatable bonds is 7. The van der Waals surface area contributed by atoms with Crippen LogP contribution in [0.2, 0.25) is 0 Å². The molecule has 0 atom stereocenters. The average molecular weight is 410 g/mol. The van der Waals surface area contributed by atoms with E-state index in [2.05, 4.69) is 17.1 Å². The lowest BCUT2D eigenvalue weighted by atomic mass is 10.1. The van der Waals surface area contributed by atoms with Gasteiger partial charge in [-0.2, -0.15) is 4.31 Å². The maximum atomic E-state index is 13.0. The Balaban J connectivity index is 1.55. The first-order valence-corrected chi connectivity index (χ1v) is 11.7. The van der Waals surface area contributed by atoms with Crippen molar-refractivity contribution < 1.29 is 17.9 Å². The smallest absolute Gasteiger partial charge is 0.243 e. The fraction of sp³-hybridized carbons (Fsp3) is 0.650. The second-order valence-corrected chi connectivity index (χ2v) is 9.38. The summed E-state index contributed by atoms with van der Waals surface area (Å²) in [6.45, 7) is 5.98. The number of ether oxygens (including phenoxy) is 1. The molecule has 28 heavy (non-hydrogen) atoms. The first kappa shape index (κ1) is 21.1. The summed E-state index contributed by atoms with van der Waals surface area (Å²) in [6, 6.07) is 7.20. The van der Waals surface area contributed by atoms with Crippen molar-refractivity contribution in [3.8, 4) is 0 Å². The molecule has 0 saturated carbocycles. The lowest BCUT2D eigenvalue weighted by Crippen LogP contribution is -2.46. The van der Waals surface area contributed by atoms with Crippen LogP contribution >= 0.6 is 0 Å². The van der Waals surface area contributed by atoms with Gasteiger partial charge in [-0.15, -0.1) is 0 Å². The van der Waals surface area contributed by atoms with Crippen LogP contribution in [0.5, 0.6) is 0 Å². The van der Waals surface area contributed by atoms with E-state index in [9.17, 15) is 13.2 Å². The molecular weight excluding hydrogens is 378 g/mol. The van der Waals surface area contributed by atoms with Crippen molar-refractivity contribution >= 4 is 21.6 Å². The van der Waals surface area contributed by atoms with E-state index in [1.165, 1.54) is 4.31 Å². The molecule has 1 N–H and O–H groups in total. The fourth-order valence-electron chi connectivity index (χ4n) is 3.68. The number of amides is 1. The highest BCUT2D eigenvalue weighted by Crippen LogP contribution is 2.24. The summed E-state index contributed by atoms with van der Waals surface area (Å²) in [7, 11) is -3.50. The minimum Gasteiger partial charge on any atom is -0.378 e. The summed E-state index contributed by atoms with van der Waals surface area (Å²) in [6.07, 6.45) is 3.74. The molecule has 2 saturated heterocycles. The average Bonchev–Trinajstić information content (AvgIpc) is 2.73. The van der Waals surface area contributed by atoms with E-state index in [0.29, 0.717) is 50.5 Å². The molecule has 0 spiro atoms. The number of hydrogen-bond acceptors (Lipinski definition) is 5. The van der Waals surface area contributed by atoms with Gasteiger partial charge in [0.1, 0.15) is 0 Å². The van der Waals surface area contributed by atoms with Crippen LogP contribution in [0, 0.1) is 0 Å². The summed E-state index contributed by atoms with van der Waals surface area (Å²) in [5.74, 6) is 0.0712. The van der Waals surface area contributed by atoms with Gasteiger partial charge >= 0.3 is 0 Å². The third-order valence-electron chi connectivity index (χ3n) is 5.43. The third kappa shape index (κ3) is 5.24. The summed E-state index contributed by atoms with van der Waals surface area (Å²) in [4.78, 5) is 14.4. The highest BCUT2D eigenvalue weighted by Gasteiger charge is 2.30. The Labute approximate surface area is 168 Å². The van der Waals surface area contributed by atoms with Crippen molar-refractivity contribution in [1.82, 2.24) is 9.62 Å². The van der Waals surface area contributed by atoms with Gasteiger partial charge in [0, 0.05) is 44.3 Å². The van der Waals surface area contributed by atoms with Gasteiger partial charge in [-0.1, -0.05) is 13.3 Å². The maximum Gasteiger partial charge on any atom is 0.243 e. The van der Waals surface area contributed by atoms with Crippen LogP contribution in [0.25, 0.3) is 0 Å². The van der Waals surface area contributed by atoms with Gasteiger partial charge in [0.25, 0.3) is 0 Å². The molecule has 2 fully saturated rings. The predicted octanol–water partition coefficient (Wildman–Crippen LogP) is 1.98. The molecule has 1 aromatic rings. The maximum absolute atomic E-state index is 13.0. The third-order valence-corrected chi connectivity index (χ3v) is 7.34. The van der Waals surface area contributed by atoms with Gasteiger partial charge in [-0.05, 0) is 43.5 Å². The minimum atomic E-state index is -3.50. The number of anilines is 1. The Morgan fingerprint density at radius 2 is 1.75 bits per heavy atom. The largest absolute Gasteiger partial charge is 0.378 e. The molecule has 1 amide bonds. The summed E-state index contributed by atoms with van der Waals surface area (Å²) < 4.78 is 32.8. The zero-order valence-corrected chi connectivity index (χ0v) is 17.4. The molecule has 7 nitrogen and oxygen atoms in total. The zero-order valence-electron chi connectivity index (χ0n) is 16.6. The summed E-state index contributed by atoms with van der Waals surface area (Å²) in [5, 5.41) is 3.03. The van der Waals surface area contributed by atoms with Crippen LogP contribution in [0.4, 0.5) is 5.69 Å². The van der Waals surface area contributed by atoms with Gasteiger partial charge in [-0.3, -0.25) is 4.79 Å². The number of benzene rings is 1. The number of nitrogens with one attached hydrogen (secondary N) is 1. The molecule has 0 bridgehead atoms. The van der Waals surface area contributed by atoms with Gasteiger partial charge in [0.2, 0.25) is 15.9 Å². The Morgan fingerprint density at radius 1 is 1.11 bits per heavy atom. The number of carbonyl (C=O) groups is 1. The molecular formula is C20H31N3O4S. The molecule has 2 aliphatic rings. The monoisotopic (exact) mass is 409 g/mol. The molecule has 0 aromatic heterocycles. The van der Waals surface area contributed by atoms with Crippen LogP contribution in [0.3, 0.4) is 0 Å². The molecule has 2 heterocycles. The minimum absolute atomic E-state index is 0.0690. The van der Waals surface area contributed by atoms with E-state index in [-0.39, 0.29) is 11.9 Å². The number of piperidine rings is 1. The molecule has 8 heteroatoms. The van der Waals surface area contributed by atoms with Gasteiger partial charge in [-0.25, -0.2) is 8.42 Å². The van der Waals surface area contributed by atoms with Crippen molar-refractivity contribution in [2.45, 2.75) is 50.0 Å². The molecule has 0 unspecified atom stereocenters. The normalized spacial score (nSPS) is 19.5. The van der Waals surface area contributed by atoms with Gasteiger partial charge in [0.05, 0.1) is 18.1 Å². The predicted molar refractivity (Wildman–Crippen MR) is 109 cm³/mol. The zero-order chi connectivity index (χ0) is 20.0. The summed E-state index contributed by atoms with van der Waals surface area (Å²) in [5.41, 5.74) is 1.02. The number of morpholine rings is 1. The lowest BCUT2D eigenvalue weighted by molar-refractivity contribution is -0.122. The van der Waals surface area contributed by atoms with Crippen LogP contribution in [-0.2, 0) is 19.6 Å². The quantitative estimate of drug-likeness (QED) is 0.745. The van der Waals surface area contributed by atoms with E-state index < -0.39 is 10.0 Å². The van der Waals surface area contributed by atoms with Crippen molar-refractivity contribution in [1.29, 1.82) is 0 Å². The number of nitrogens with zero attached hydrogens (tertiary/aromatic N) is 2. The SMILES string of the molecule is CCCCC(=O)NC1CCN(S(=O)(=O)c2ccc(N3CCOCC3)cc2)CC1. The molecule has 0 radical (unpaired) electrons. The van der Waals surface area contributed by atoms with E-state index in [4.69, 9.17) is 4.74 Å². The van der Waals surface area contributed by atoms with Crippen molar-refractivity contribution in [3.63, 3.8) is 0 Å². The number of carbonyl (C=O) groups excluding carboxylic acids is 1. The topological polar surface area (TPSA) is 79.0 Å². The Hall–Kier alpha value is -1.64. The van der Waals surface area contributed by atoms with Crippen molar-refractivity contribution in [3.05, 3.63) is 24.3 Å². The lowest BCUT2D eigenvalue weighted by Gasteiger charge is -2.32. The second kappa shape index (κ2) is 9.71. The van der Waals surface area contributed by atoms with Crippen molar-refractivity contribution in [2.24, 2.45) is 0 Å². The fourth-order valence-corrected chi connectivity index (χ4v) is 5.15. The molecule has 2 aliphatic heterocycles. The standard InChI is InChI=1S/C20H31N3O4S/c1-2-3-4-20(24)21-17-9-11-23(12-10-17)28(25,26)19-7-5-18(6-8-19)22-13-15-27-16-14-22/h5-8,17H,2-4,9-16H2,1H3,(H,21,24). The summed E-state index contributed by atoms with van der Waals surface area (Å²) >= 11 is 0. The molecule has 1 aromatic carbocycles. The number of hydrogen-bond donors (Lipinski definition) is 1. The van der Waals surface area contributed by atoms with Crippen molar-refractivity contribution in [2.75, 3.05) is 44.3 Å². The number of unbranched alkanes of at least 4 members (excludes halogenated alkanes) is 1. The molecule has 0 aliphatic carbocycles. The Morgan fingerprint density at radius 3 is 2.36 bits per heavy atom. The van der Waals surface area contributed by atoms with E-state index >= 15 is 0 Å². The van der Waals surface area contributed by atoms with Crippen LogP contribution in [-0.4, -0.2) is 64.1 Å². The van der Waals surface area contributed by atoms with Crippen LogP contribution in [0.15, 0.2) is 29.2 Å².